The van der Waals surface area contributed by atoms with Crippen LogP contribution in [0.4, 0.5) is 10.5 Å². The molecule has 3 rings (SSSR count). The number of amides is 3. The van der Waals surface area contributed by atoms with Gasteiger partial charge in [-0.1, -0.05) is 60.7 Å². The lowest BCUT2D eigenvalue weighted by Crippen LogP contribution is -2.39. The van der Waals surface area contributed by atoms with E-state index in [1.165, 1.54) is 7.11 Å². The summed E-state index contributed by atoms with van der Waals surface area (Å²) in [5.41, 5.74) is 2.52. The van der Waals surface area contributed by atoms with Gasteiger partial charge in [0.2, 0.25) is 5.91 Å². The summed E-state index contributed by atoms with van der Waals surface area (Å²) in [5.74, 6) is 0.990. The van der Waals surface area contributed by atoms with Crippen LogP contribution in [-0.2, 0) is 11.3 Å². The van der Waals surface area contributed by atoms with Crippen LogP contribution < -0.4 is 20.1 Å². The summed E-state index contributed by atoms with van der Waals surface area (Å²) in [6.45, 7) is 2.65. The zero-order chi connectivity index (χ0) is 24.3. The first-order valence-corrected chi connectivity index (χ1v) is 11.2. The molecule has 0 saturated carbocycles. The third-order valence-electron chi connectivity index (χ3n) is 5.57. The van der Waals surface area contributed by atoms with E-state index in [1.54, 1.807) is 30.2 Å². The van der Waals surface area contributed by atoms with Crippen molar-refractivity contribution in [1.29, 1.82) is 0 Å². The predicted molar refractivity (Wildman–Crippen MR) is 133 cm³/mol. The van der Waals surface area contributed by atoms with Crippen molar-refractivity contribution < 1.29 is 19.1 Å². The van der Waals surface area contributed by atoms with Crippen LogP contribution in [0, 0.1) is 0 Å². The predicted octanol–water partition coefficient (Wildman–Crippen LogP) is 5.01. The number of carbonyl (C=O) groups excluding carboxylic acids is 2. The molecule has 0 aliphatic carbocycles. The molecule has 34 heavy (non-hydrogen) atoms. The number of methoxy groups -OCH3 is 2. The summed E-state index contributed by atoms with van der Waals surface area (Å²) in [6.07, 6.45) is 0.178. The summed E-state index contributed by atoms with van der Waals surface area (Å²) in [5, 5.41) is 5.84. The number of rotatable bonds is 10. The molecule has 3 amide bonds. The van der Waals surface area contributed by atoms with Gasteiger partial charge in [0, 0.05) is 25.6 Å². The molecule has 0 heterocycles. The maximum Gasteiger partial charge on any atom is 0.322 e. The SMILES string of the molecule is COc1ccc(NC(=O)N(CCC(=O)NCc2ccccc2)C(C)c2ccccc2)c(OC)c1. The average molecular weight is 462 g/mol. The smallest absolute Gasteiger partial charge is 0.322 e. The first kappa shape index (κ1) is 24.6. The van der Waals surface area contributed by atoms with E-state index in [-0.39, 0.29) is 30.9 Å². The molecule has 178 valence electrons. The number of benzene rings is 3. The quantitative estimate of drug-likeness (QED) is 0.445. The first-order valence-electron chi connectivity index (χ1n) is 11.2. The van der Waals surface area contributed by atoms with Crippen LogP contribution in [0.25, 0.3) is 0 Å². The maximum absolute atomic E-state index is 13.3. The molecule has 7 nitrogen and oxygen atoms in total. The van der Waals surface area contributed by atoms with E-state index in [1.807, 2.05) is 67.6 Å². The van der Waals surface area contributed by atoms with E-state index in [0.29, 0.717) is 23.7 Å². The van der Waals surface area contributed by atoms with Gasteiger partial charge in [-0.05, 0) is 30.2 Å². The number of nitrogens with zero attached hydrogens (tertiary/aromatic N) is 1. The Labute approximate surface area is 200 Å². The molecule has 0 spiro atoms. The van der Waals surface area contributed by atoms with Gasteiger partial charge in [0.1, 0.15) is 11.5 Å². The molecule has 0 radical (unpaired) electrons. The van der Waals surface area contributed by atoms with E-state index in [9.17, 15) is 9.59 Å². The number of carbonyl (C=O) groups is 2. The van der Waals surface area contributed by atoms with Crippen molar-refractivity contribution in [2.75, 3.05) is 26.1 Å². The van der Waals surface area contributed by atoms with Crippen LogP contribution in [0.15, 0.2) is 78.9 Å². The molecular weight excluding hydrogens is 430 g/mol. The minimum Gasteiger partial charge on any atom is -0.497 e. The van der Waals surface area contributed by atoms with Crippen molar-refractivity contribution in [2.45, 2.75) is 25.9 Å². The Balaban J connectivity index is 1.71. The molecule has 0 aliphatic heterocycles. The van der Waals surface area contributed by atoms with Gasteiger partial charge in [-0.15, -0.1) is 0 Å². The number of anilines is 1. The maximum atomic E-state index is 13.3. The Kier molecular flexibility index (Phi) is 8.91. The molecule has 2 N–H and O–H groups in total. The Hall–Kier alpha value is -4.00. The highest BCUT2D eigenvalue weighted by Gasteiger charge is 2.23. The van der Waals surface area contributed by atoms with Gasteiger partial charge in [0.05, 0.1) is 25.9 Å². The standard InChI is InChI=1S/C27H31N3O4/c1-20(22-12-8-5-9-13-22)30(17-16-26(31)28-19-21-10-6-4-7-11-21)27(32)29-24-15-14-23(33-2)18-25(24)34-3/h4-15,18,20H,16-17,19H2,1-3H3,(H,28,31)(H,29,32). The lowest BCUT2D eigenvalue weighted by atomic mass is 10.1. The molecular formula is C27H31N3O4. The lowest BCUT2D eigenvalue weighted by Gasteiger charge is -2.30. The molecule has 1 atom stereocenters. The largest absolute Gasteiger partial charge is 0.497 e. The summed E-state index contributed by atoms with van der Waals surface area (Å²) in [6, 6.07) is 24.1. The third kappa shape index (κ3) is 6.75. The summed E-state index contributed by atoms with van der Waals surface area (Å²) < 4.78 is 10.6. The minimum atomic E-state index is -0.323. The highest BCUT2D eigenvalue weighted by atomic mass is 16.5. The third-order valence-corrected chi connectivity index (χ3v) is 5.57. The topological polar surface area (TPSA) is 79.9 Å². The van der Waals surface area contributed by atoms with Crippen molar-refractivity contribution in [3.05, 3.63) is 90.0 Å². The molecule has 0 saturated heterocycles. The van der Waals surface area contributed by atoms with E-state index in [2.05, 4.69) is 10.6 Å². The Bertz CT molecular complexity index is 1070. The van der Waals surface area contributed by atoms with Gasteiger partial charge in [0.25, 0.3) is 0 Å². The van der Waals surface area contributed by atoms with Gasteiger partial charge < -0.3 is 25.0 Å². The van der Waals surface area contributed by atoms with Crippen LogP contribution in [0.2, 0.25) is 0 Å². The van der Waals surface area contributed by atoms with Crippen molar-refractivity contribution in [1.82, 2.24) is 10.2 Å². The molecule has 0 bridgehead atoms. The second-order valence-electron chi connectivity index (χ2n) is 7.79. The molecule has 7 heteroatoms. The van der Waals surface area contributed by atoms with E-state index in [4.69, 9.17) is 9.47 Å². The van der Waals surface area contributed by atoms with Crippen LogP contribution in [0.5, 0.6) is 11.5 Å². The monoisotopic (exact) mass is 461 g/mol. The molecule has 1 unspecified atom stereocenters. The van der Waals surface area contributed by atoms with Crippen molar-refractivity contribution in [3.63, 3.8) is 0 Å². The van der Waals surface area contributed by atoms with Gasteiger partial charge in [-0.3, -0.25) is 4.79 Å². The second-order valence-corrected chi connectivity index (χ2v) is 7.79. The van der Waals surface area contributed by atoms with Gasteiger partial charge in [0.15, 0.2) is 0 Å². The van der Waals surface area contributed by atoms with Gasteiger partial charge in [-0.25, -0.2) is 4.79 Å². The Morgan fingerprint density at radius 2 is 1.59 bits per heavy atom. The fourth-order valence-corrected chi connectivity index (χ4v) is 3.58. The van der Waals surface area contributed by atoms with Crippen molar-refractivity contribution in [3.8, 4) is 11.5 Å². The summed E-state index contributed by atoms with van der Waals surface area (Å²) >= 11 is 0. The van der Waals surface area contributed by atoms with Gasteiger partial charge >= 0.3 is 6.03 Å². The van der Waals surface area contributed by atoms with Crippen molar-refractivity contribution in [2.24, 2.45) is 0 Å². The fraction of sp³-hybridized carbons (Fsp3) is 0.259. The zero-order valence-electron chi connectivity index (χ0n) is 19.8. The number of hydrogen-bond acceptors (Lipinski definition) is 4. The minimum absolute atomic E-state index is 0.121. The van der Waals surface area contributed by atoms with Crippen LogP contribution in [0.1, 0.15) is 30.5 Å². The molecule has 3 aromatic rings. The van der Waals surface area contributed by atoms with E-state index < -0.39 is 0 Å². The molecule has 0 fully saturated rings. The fourth-order valence-electron chi connectivity index (χ4n) is 3.58. The van der Waals surface area contributed by atoms with Crippen LogP contribution in [-0.4, -0.2) is 37.6 Å². The highest BCUT2D eigenvalue weighted by Crippen LogP contribution is 2.30. The van der Waals surface area contributed by atoms with Crippen molar-refractivity contribution >= 4 is 17.6 Å². The average Bonchev–Trinajstić information content (AvgIpc) is 2.88. The van der Waals surface area contributed by atoms with Crippen LogP contribution >= 0.6 is 0 Å². The molecule has 3 aromatic carbocycles. The lowest BCUT2D eigenvalue weighted by molar-refractivity contribution is -0.121. The number of nitrogens with one attached hydrogen (secondary N) is 2. The van der Waals surface area contributed by atoms with E-state index >= 15 is 0 Å². The second kappa shape index (κ2) is 12.3. The normalized spacial score (nSPS) is 11.3. The highest BCUT2D eigenvalue weighted by molar-refractivity contribution is 5.91. The van der Waals surface area contributed by atoms with Gasteiger partial charge in [-0.2, -0.15) is 0 Å². The molecule has 0 aliphatic rings. The number of urea groups is 1. The van der Waals surface area contributed by atoms with Crippen LogP contribution in [0.3, 0.4) is 0 Å². The van der Waals surface area contributed by atoms with E-state index in [0.717, 1.165) is 11.1 Å². The first-order chi connectivity index (χ1) is 16.5. The Morgan fingerprint density at radius 1 is 0.912 bits per heavy atom. The number of hydrogen-bond donors (Lipinski definition) is 2. The zero-order valence-corrected chi connectivity index (χ0v) is 19.8. The summed E-state index contributed by atoms with van der Waals surface area (Å²) in [7, 11) is 3.10. The Morgan fingerprint density at radius 3 is 2.24 bits per heavy atom. The summed E-state index contributed by atoms with van der Waals surface area (Å²) in [4.78, 5) is 27.5. The number of ether oxygens (including phenoxy) is 2. The molecule has 0 aromatic heterocycles.